The Kier molecular flexibility index (Phi) is 7.48. The third-order valence-corrected chi connectivity index (χ3v) is 10.7. The van der Waals surface area contributed by atoms with Crippen molar-refractivity contribution >= 4 is 28.6 Å². The Morgan fingerprint density at radius 3 is 2.08 bits per heavy atom. The topological polar surface area (TPSA) is 51.2 Å². The van der Waals surface area contributed by atoms with Crippen LogP contribution in [0, 0.1) is 0 Å². The van der Waals surface area contributed by atoms with E-state index < -0.39 is 11.2 Å². The number of methoxy groups -OCH3 is 1. The molecule has 0 aromatic heterocycles. The fraction of sp³-hybridized carbons (Fsp3) is 0.295. The number of likely N-dealkylation sites (tertiary alicyclic amines) is 1. The van der Waals surface area contributed by atoms with Crippen LogP contribution in [0.1, 0.15) is 61.4 Å². The number of piperidine rings is 1. The van der Waals surface area contributed by atoms with Crippen molar-refractivity contribution in [3.8, 4) is 22.6 Å². The first-order valence-corrected chi connectivity index (χ1v) is 17.5. The van der Waals surface area contributed by atoms with E-state index in [0.29, 0.717) is 13.1 Å². The molecule has 0 N–H and O–H groups in total. The number of rotatable bonds is 4. The molecule has 1 atom stereocenters. The Bertz CT molecular complexity index is 2130. The molecule has 6 nitrogen and oxygen atoms in total. The Balaban J connectivity index is 1.33. The summed E-state index contributed by atoms with van der Waals surface area (Å²) in [6.07, 6.45) is 5.90. The summed E-state index contributed by atoms with van der Waals surface area (Å²) in [5.41, 5.74) is 7.80. The SMILES string of the molecule is COc1ccc(C2(c3ccc(N(C)C)cc3)C=Cc3c4c(c5ccccc5c3O2)-c2ccccc2C42CCN(C(=O)OC(C)(C)C)CC2)cc1. The van der Waals surface area contributed by atoms with Crippen LogP contribution in [0.15, 0.2) is 103 Å². The monoisotopic (exact) mass is 664 g/mol. The summed E-state index contributed by atoms with van der Waals surface area (Å²) < 4.78 is 18.9. The lowest BCUT2D eigenvalue weighted by Crippen LogP contribution is -2.47. The fourth-order valence-corrected chi connectivity index (χ4v) is 8.36. The Morgan fingerprint density at radius 1 is 0.820 bits per heavy atom. The number of nitrogens with zero attached hydrogens (tertiary/aromatic N) is 2. The molecular weight excluding hydrogens is 620 g/mol. The molecule has 254 valence electrons. The molecule has 2 aliphatic heterocycles. The van der Waals surface area contributed by atoms with Crippen molar-refractivity contribution in [3.05, 3.63) is 131 Å². The summed E-state index contributed by atoms with van der Waals surface area (Å²) in [6.45, 7) is 7.00. The number of carbonyl (C=O) groups is 1. The number of benzene rings is 5. The van der Waals surface area contributed by atoms with Crippen molar-refractivity contribution in [2.45, 2.75) is 50.2 Å². The second-order valence-corrected chi connectivity index (χ2v) is 15.0. The van der Waals surface area contributed by atoms with Crippen molar-refractivity contribution in [1.82, 2.24) is 4.90 Å². The standard InChI is InChI=1S/C44H44N2O4/c1-42(2,3)50-41(47)46-27-25-43(26-28-46)37-14-10-9-13-35(37)38-33-11-7-8-12-34(33)40-36(39(38)43)23-24-44(49-40,30-17-21-32(48-6)22-18-30)29-15-19-31(20-16-29)45(4)5/h7-24H,25-28H2,1-6H3. The van der Waals surface area contributed by atoms with Gasteiger partial charge in [0.25, 0.3) is 0 Å². The minimum Gasteiger partial charge on any atom is -0.497 e. The Hall–Kier alpha value is -5.23. The second kappa shape index (κ2) is 11.7. The zero-order valence-electron chi connectivity index (χ0n) is 29.7. The van der Waals surface area contributed by atoms with Gasteiger partial charge in [0.1, 0.15) is 17.1 Å². The van der Waals surface area contributed by atoms with Crippen molar-refractivity contribution in [1.29, 1.82) is 0 Å². The van der Waals surface area contributed by atoms with Gasteiger partial charge in [-0.2, -0.15) is 0 Å². The van der Waals surface area contributed by atoms with Gasteiger partial charge in [0.05, 0.1) is 7.11 Å². The van der Waals surface area contributed by atoms with Crippen LogP contribution in [0.25, 0.3) is 28.0 Å². The number of hydrogen-bond acceptors (Lipinski definition) is 5. The number of hydrogen-bond donors (Lipinski definition) is 0. The van der Waals surface area contributed by atoms with Gasteiger partial charge in [-0.25, -0.2) is 4.79 Å². The Labute approximate surface area is 294 Å². The molecule has 1 saturated heterocycles. The third kappa shape index (κ3) is 4.95. The van der Waals surface area contributed by atoms with Crippen molar-refractivity contribution < 1.29 is 19.0 Å². The maximum Gasteiger partial charge on any atom is 0.410 e. The van der Waals surface area contributed by atoms with Crippen molar-refractivity contribution in [2.24, 2.45) is 0 Å². The zero-order valence-corrected chi connectivity index (χ0v) is 29.7. The highest BCUT2D eigenvalue weighted by Gasteiger charge is 2.50. The molecule has 6 heteroatoms. The lowest BCUT2D eigenvalue weighted by molar-refractivity contribution is 0.0181. The number of amides is 1. The van der Waals surface area contributed by atoms with Crippen LogP contribution in [-0.4, -0.2) is 50.9 Å². The summed E-state index contributed by atoms with van der Waals surface area (Å²) in [4.78, 5) is 17.2. The summed E-state index contributed by atoms with van der Waals surface area (Å²) in [5.74, 6) is 1.68. The first kappa shape index (κ1) is 32.0. The lowest BCUT2D eigenvalue weighted by atomic mass is 9.68. The van der Waals surface area contributed by atoms with Crippen LogP contribution < -0.4 is 14.4 Å². The molecule has 1 spiro atoms. The molecular formula is C44H44N2O4. The quantitative estimate of drug-likeness (QED) is 0.192. The molecule has 1 amide bonds. The predicted molar refractivity (Wildman–Crippen MR) is 201 cm³/mol. The highest BCUT2D eigenvalue weighted by atomic mass is 16.6. The van der Waals surface area contributed by atoms with Crippen LogP contribution in [0.3, 0.4) is 0 Å². The van der Waals surface area contributed by atoms with Crippen molar-refractivity contribution in [3.63, 3.8) is 0 Å². The summed E-state index contributed by atoms with van der Waals surface area (Å²) in [7, 11) is 5.80. The van der Waals surface area contributed by atoms with Gasteiger partial charge in [-0.05, 0) is 91.6 Å². The molecule has 0 radical (unpaired) electrons. The van der Waals surface area contributed by atoms with Crippen LogP contribution in [0.2, 0.25) is 0 Å². The van der Waals surface area contributed by atoms with E-state index in [0.717, 1.165) is 52.1 Å². The van der Waals surface area contributed by atoms with E-state index >= 15 is 0 Å². The largest absolute Gasteiger partial charge is 0.497 e. The van der Waals surface area contributed by atoms with Gasteiger partial charge in [0.2, 0.25) is 0 Å². The van der Waals surface area contributed by atoms with E-state index in [2.05, 4.69) is 116 Å². The molecule has 0 bridgehead atoms. The van der Waals surface area contributed by atoms with Gasteiger partial charge in [-0.3, -0.25) is 0 Å². The number of ether oxygens (including phenoxy) is 3. The van der Waals surface area contributed by atoms with E-state index in [-0.39, 0.29) is 11.5 Å². The van der Waals surface area contributed by atoms with E-state index in [9.17, 15) is 4.79 Å². The normalized spacial score (nSPS) is 18.6. The van der Waals surface area contributed by atoms with Crippen LogP contribution in [0.4, 0.5) is 10.5 Å². The molecule has 3 aliphatic rings. The van der Waals surface area contributed by atoms with Gasteiger partial charge >= 0.3 is 6.09 Å². The van der Waals surface area contributed by atoms with Crippen molar-refractivity contribution in [2.75, 3.05) is 39.2 Å². The van der Waals surface area contributed by atoms with E-state index in [4.69, 9.17) is 14.2 Å². The molecule has 1 fully saturated rings. The minimum atomic E-state index is -0.875. The van der Waals surface area contributed by atoms with Gasteiger partial charge in [0.15, 0.2) is 5.60 Å². The van der Waals surface area contributed by atoms with Gasteiger partial charge < -0.3 is 24.0 Å². The van der Waals surface area contributed by atoms with Crippen LogP contribution >= 0.6 is 0 Å². The summed E-state index contributed by atoms with van der Waals surface area (Å²) >= 11 is 0. The van der Waals surface area contributed by atoms with E-state index in [1.165, 1.54) is 27.6 Å². The smallest absolute Gasteiger partial charge is 0.410 e. The minimum absolute atomic E-state index is 0.243. The molecule has 0 saturated carbocycles. The van der Waals surface area contributed by atoms with Crippen LogP contribution in [-0.2, 0) is 15.8 Å². The second-order valence-electron chi connectivity index (χ2n) is 15.0. The van der Waals surface area contributed by atoms with Gasteiger partial charge in [0, 0.05) is 60.4 Å². The number of anilines is 1. The lowest BCUT2D eigenvalue weighted by Gasteiger charge is -2.43. The van der Waals surface area contributed by atoms with E-state index in [1.54, 1.807) is 7.11 Å². The summed E-state index contributed by atoms with van der Waals surface area (Å²) in [6, 6.07) is 34.4. The number of fused-ring (bicyclic) bond motifs is 10. The highest BCUT2D eigenvalue weighted by Crippen LogP contribution is 2.61. The third-order valence-electron chi connectivity index (χ3n) is 10.7. The fourth-order valence-electron chi connectivity index (χ4n) is 8.36. The molecule has 5 aromatic rings. The molecule has 8 rings (SSSR count). The molecule has 1 unspecified atom stereocenters. The van der Waals surface area contributed by atoms with Gasteiger partial charge in [-0.15, -0.1) is 0 Å². The first-order chi connectivity index (χ1) is 24.0. The average molecular weight is 665 g/mol. The molecule has 2 heterocycles. The summed E-state index contributed by atoms with van der Waals surface area (Å²) in [5, 5.41) is 2.27. The van der Waals surface area contributed by atoms with Gasteiger partial charge in [-0.1, -0.05) is 78.9 Å². The Morgan fingerprint density at radius 2 is 1.44 bits per heavy atom. The highest BCUT2D eigenvalue weighted by molar-refractivity contribution is 6.08. The molecule has 50 heavy (non-hydrogen) atoms. The van der Waals surface area contributed by atoms with Crippen LogP contribution in [0.5, 0.6) is 11.5 Å². The molecule has 1 aliphatic carbocycles. The average Bonchev–Trinajstić information content (AvgIpc) is 3.40. The zero-order chi connectivity index (χ0) is 34.8. The maximum atomic E-state index is 13.2. The first-order valence-electron chi connectivity index (χ1n) is 17.5. The van der Waals surface area contributed by atoms with E-state index in [1.807, 2.05) is 37.8 Å². The predicted octanol–water partition coefficient (Wildman–Crippen LogP) is 9.56. The molecule has 5 aromatic carbocycles. The number of carbonyl (C=O) groups excluding carboxylic acids is 1. The maximum absolute atomic E-state index is 13.2.